The monoisotopic (exact) mass is 338 g/mol. The Kier molecular flexibility index (Phi) is 5.33. The summed E-state index contributed by atoms with van der Waals surface area (Å²) >= 11 is 1.15. The molecule has 2 aromatic rings. The lowest BCUT2D eigenvalue weighted by Gasteiger charge is -2.05. The molecular weight excluding hydrogens is 320 g/mol. The number of rotatable bonds is 6. The lowest BCUT2D eigenvalue weighted by atomic mass is 10.2. The van der Waals surface area contributed by atoms with E-state index in [0.29, 0.717) is 6.54 Å². The van der Waals surface area contributed by atoms with Crippen LogP contribution in [0.3, 0.4) is 0 Å². The van der Waals surface area contributed by atoms with E-state index in [1.807, 2.05) is 31.2 Å². The van der Waals surface area contributed by atoms with Crippen LogP contribution in [-0.4, -0.2) is 14.3 Å². The molecule has 2 rings (SSSR count). The summed E-state index contributed by atoms with van der Waals surface area (Å²) in [5.74, 6) is -0.143. The van der Waals surface area contributed by atoms with Gasteiger partial charge in [0.05, 0.1) is 6.54 Å². The highest BCUT2D eigenvalue weighted by atomic mass is 32.2. The highest BCUT2D eigenvalue weighted by Gasteiger charge is 2.16. The van der Waals surface area contributed by atoms with Crippen molar-refractivity contribution in [2.75, 3.05) is 0 Å². The maximum absolute atomic E-state index is 12.2. The Balaban J connectivity index is 2.00. The van der Waals surface area contributed by atoms with Crippen molar-refractivity contribution < 1.29 is 13.2 Å². The van der Waals surface area contributed by atoms with Gasteiger partial charge in [-0.25, -0.2) is 13.1 Å². The Labute approximate surface area is 134 Å². The minimum Gasteiger partial charge on any atom is -0.351 e. The molecule has 0 saturated carbocycles. The van der Waals surface area contributed by atoms with Crippen LogP contribution in [-0.2, 0) is 27.9 Å². The van der Waals surface area contributed by atoms with Gasteiger partial charge in [-0.1, -0.05) is 29.8 Å². The molecule has 0 aliphatic heterocycles. The zero-order valence-electron chi connectivity index (χ0n) is 12.4. The number of carbonyl (C=O) groups is 1. The number of sulfonamides is 1. The minimum absolute atomic E-state index is 0.143. The smallest absolute Gasteiger partial charge is 0.250 e. The summed E-state index contributed by atoms with van der Waals surface area (Å²) in [6.07, 6.45) is 0. The fraction of sp³-hybridized carbons (Fsp3) is 0.267. The van der Waals surface area contributed by atoms with E-state index < -0.39 is 10.0 Å². The maximum Gasteiger partial charge on any atom is 0.250 e. The Hall–Kier alpha value is -1.70. The van der Waals surface area contributed by atoms with Gasteiger partial charge in [0, 0.05) is 18.3 Å². The lowest BCUT2D eigenvalue weighted by Crippen LogP contribution is -2.22. The van der Waals surface area contributed by atoms with E-state index in [2.05, 4.69) is 10.0 Å². The van der Waals surface area contributed by atoms with Gasteiger partial charge < -0.3 is 5.32 Å². The van der Waals surface area contributed by atoms with E-state index in [4.69, 9.17) is 0 Å². The summed E-state index contributed by atoms with van der Waals surface area (Å²) in [6, 6.07) is 10.9. The van der Waals surface area contributed by atoms with E-state index in [0.717, 1.165) is 27.3 Å². The van der Waals surface area contributed by atoms with Crippen molar-refractivity contribution in [3.63, 3.8) is 0 Å². The first kappa shape index (κ1) is 16.7. The van der Waals surface area contributed by atoms with Crippen LogP contribution in [0.1, 0.15) is 22.9 Å². The van der Waals surface area contributed by atoms with Crippen LogP contribution in [0, 0.1) is 6.92 Å². The molecule has 7 heteroatoms. The summed E-state index contributed by atoms with van der Waals surface area (Å²) in [6.45, 7) is 4.00. The summed E-state index contributed by atoms with van der Waals surface area (Å²) in [5.41, 5.74) is 2.04. The van der Waals surface area contributed by atoms with Crippen molar-refractivity contribution >= 4 is 27.3 Å². The quantitative estimate of drug-likeness (QED) is 0.847. The Morgan fingerprint density at radius 3 is 2.41 bits per heavy atom. The van der Waals surface area contributed by atoms with Crippen molar-refractivity contribution in [1.82, 2.24) is 10.0 Å². The highest BCUT2D eigenvalue weighted by molar-refractivity contribution is 7.91. The van der Waals surface area contributed by atoms with Gasteiger partial charge in [0.15, 0.2) is 0 Å². The molecule has 0 aliphatic rings. The SMILES string of the molecule is CC(=O)NCc1ccc(S(=O)(=O)NCc2ccc(C)cc2)s1. The fourth-order valence-electron chi connectivity index (χ4n) is 1.76. The van der Waals surface area contributed by atoms with Gasteiger partial charge in [0.1, 0.15) is 4.21 Å². The topological polar surface area (TPSA) is 75.3 Å². The van der Waals surface area contributed by atoms with Crippen molar-refractivity contribution in [3.8, 4) is 0 Å². The molecule has 1 amide bonds. The van der Waals surface area contributed by atoms with Gasteiger partial charge in [0.2, 0.25) is 15.9 Å². The zero-order chi connectivity index (χ0) is 16.2. The van der Waals surface area contributed by atoms with E-state index >= 15 is 0 Å². The summed E-state index contributed by atoms with van der Waals surface area (Å²) < 4.78 is 27.3. The average molecular weight is 338 g/mol. The van der Waals surface area contributed by atoms with Crippen LogP contribution in [0.25, 0.3) is 0 Å². The molecular formula is C15H18N2O3S2. The molecule has 5 nitrogen and oxygen atoms in total. The number of hydrogen-bond acceptors (Lipinski definition) is 4. The van der Waals surface area contributed by atoms with Crippen LogP contribution < -0.4 is 10.0 Å². The lowest BCUT2D eigenvalue weighted by molar-refractivity contribution is -0.119. The molecule has 0 saturated heterocycles. The fourth-order valence-corrected chi connectivity index (χ4v) is 4.12. The van der Waals surface area contributed by atoms with E-state index in [9.17, 15) is 13.2 Å². The van der Waals surface area contributed by atoms with E-state index in [1.165, 1.54) is 6.92 Å². The molecule has 1 heterocycles. The van der Waals surface area contributed by atoms with Crippen molar-refractivity contribution in [3.05, 3.63) is 52.4 Å². The molecule has 0 atom stereocenters. The van der Waals surface area contributed by atoms with Crippen LogP contribution in [0.15, 0.2) is 40.6 Å². The molecule has 1 aromatic heterocycles. The Bertz CT molecular complexity index is 749. The molecule has 0 radical (unpaired) electrons. The number of benzene rings is 1. The van der Waals surface area contributed by atoms with Gasteiger partial charge >= 0.3 is 0 Å². The second-order valence-electron chi connectivity index (χ2n) is 4.94. The van der Waals surface area contributed by atoms with Gasteiger partial charge in [-0.15, -0.1) is 11.3 Å². The van der Waals surface area contributed by atoms with Crippen LogP contribution in [0.5, 0.6) is 0 Å². The Morgan fingerprint density at radius 2 is 1.77 bits per heavy atom. The molecule has 0 fully saturated rings. The molecule has 22 heavy (non-hydrogen) atoms. The van der Waals surface area contributed by atoms with Gasteiger partial charge in [-0.05, 0) is 24.6 Å². The van der Waals surface area contributed by atoms with E-state index in [1.54, 1.807) is 12.1 Å². The van der Waals surface area contributed by atoms with Crippen molar-refractivity contribution in [1.29, 1.82) is 0 Å². The molecule has 0 aliphatic carbocycles. The molecule has 0 spiro atoms. The molecule has 118 valence electrons. The van der Waals surface area contributed by atoms with Crippen molar-refractivity contribution in [2.45, 2.75) is 31.1 Å². The number of carbonyl (C=O) groups excluding carboxylic acids is 1. The molecule has 1 aromatic carbocycles. The zero-order valence-corrected chi connectivity index (χ0v) is 14.1. The molecule has 0 bridgehead atoms. The second-order valence-corrected chi connectivity index (χ2v) is 8.10. The Morgan fingerprint density at radius 1 is 1.09 bits per heavy atom. The van der Waals surface area contributed by atoms with Crippen molar-refractivity contribution in [2.24, 2.45) is 0 Å². The average Bonchev–Trinajstić information content (AvgIpc) is 2.94. The van der Waals surface area contributed by atoms with Crippen LogP contribution in [0.2, 0.25) is 0 Å². The normalized spacial score (nSPS) is 11.4. The van der Waals surface area contributed by atoms with Gasteiger partial charge in [-0.3, -0.25) is 4.79 Å². The first-order chi connectivity index (χ1) is 10.4. The first-order valence-corrected chi connectivity index (χ1v) is 9.05. The standard InChI is InChI=1S/C15H18N2O3S2/c1-11-3-5-13(6-4-11)9-17-22(19,20)15-8-7-14(21-15)10-16-12(2)18/h3-8,17H,9-10H2,1-2H3,(H,16,18). The maximum atomic E-state index is 12.2. The molecule has 2 N–H and O–H groups in total. The number of nitrogens with one attached hydrogen (secondary N) is 2. The molecule has 0 unspecified atom stereocenters. The number of amides is 1. The summed E-state index contributed by atoms with van der Waals surface area (Å²) in [5, 5.41) is 2.65. The number of aryl methyl sites for hydroxylation is 1. The largest absolute Gasteiger partial charge is 0.351 e. The third kappa shape index (κ3) is 4.66. The number of thiophene rings is 1. The predicted octanol–water partition coefficient (Wildman–Crippen LogP) is 2.17. The minimum atomic E-state index is -3.53. The third-order valence-corrected chi connectivity index (χ3v) is 5.98. The third-order valence-electron chi connectivity index (χ3n) is 3.00. The summed E-state index contributed by atoms with van der Waals surface area (Å²) in [7, 11) is -3.53. The number of hydrogen-bond donors (Lipinski definition) is 2. The van der Waals surface area contributed by atoms with Gasteiger partial charge in [0.25, 0.3) is 0 Å². The predicted molar refractivity (Wildman–Crippen MR) is 87.0 cm³/mol. The van der Waals surface area contributed by atoms with Gasteiger partial charge in [-0.2, -0.15) is 0 Å². The van der Waals surface area contributed by atoms with E-state index in [-0.39, 0.29) is 16.7 Å². The highest BCUT2D eigenvalue weighted by Crippen LogP contribution is 2.21. The summed E-state index contributed by atoms with van der Waals surface area (Å²) in [4.78, 5) is 11.7. The first-order valence-electron chi connectivity index (χ1n) is 6.75. The van der Waals surface area contributed by atoms with Crippen LogP contribution >= 0.6 is 11.3 Å². The second kappa shape index (κ2) is 7.04. The van der Waals surface area contributed by atoms with Crippen LogP contribution in [0.4, 0.5) is 0 Å².